The predicted molar refractivity (Wildman–Crippen MR) is 119 cm³/mol. The average Bonchev–Trinajstić information content (AvgIpc) is 3.12. The van der Waals surface area contributed by atoms with Crippen LogP contribution in [-0.2, 0) is 7.05 Å². The second-order valence-corrected chi connectivity index (χ2v) is 8.21. The minimum atomic E-state index is 0.0937. The van der Waals surface area contributed by atoms with Gasteiger partial charge in [-0.15, -0.1) is 0 Å². The number of rotatable bonds is 2. The van der Waals surface area contributed by atoms with E-state index in [9.17, 15) is 10.1 Å². The number of aromatic nitrogens is 4. The smallest absolute Gasteiger partial charge is 0.253 e. The number of hydrogen-bond donors (Lipinski definition) is 0. The number of likely N-dealkylation sites (tertiary alicyclic amines) is 1. The summed E-state index contributed by atoms with van der Waals surface area (Å²) in [6, 6.07) is 11.6. The van der Waals surface area contributed by atoms with Crippen LogP contribution < -0.4 is 0 Å². The van der Waals surface area contributed by atoms with Crippen LogP contribution in [0.5, 0.6) is 0 Å². The van der Waals surface area contributed by atoms with Crippen LogP contribution in [0.15, 0.2) is 36.5 Å². The van der Waals surface area contributed by atoms with E-state index in [2.05, 4.69) is 11.1 Å². The fraction of sp³-hybridized carbons (Fsp3) is 0.333. The summed E-state index contributed by atoms with van der Waals surface area (Å²) in [5, 5.41) is 15.0. The van der Waals surface area contributed by atoms with Gasteiger partial charge in [-0.05, 0) is 50.1 Å². The summed E-state index contributed by atoms with van der Waals surface area (Å²) < 4.78 is 3.74. The van der Waals surface area contributed by atoms with E-state index in [4.69, 9.17) is 5.10 Å². The fourth-order valence-electron chi connectivity index (χ4n) is 4.54. The third kappa shape index (κ3) is 3.25. The highest BCUT2D eigenvalue weighted by Crippen LogP contribution is 2.31. The molecular formula is C24H24N6O. The van der Waals surface area contributed by atoms with E-state index < -0.39 is 0 Å². The van der Waals surface area contributed by atoms with Crippen LogP contribution in [0.2, 0.25) is 0 Å². The van der Waals surface area contributed by atoms with Crippen molar-refractivity contribution < 1.29 is 4.79 Å². The molecule has 1 aliphatic heterocycles. The molecule has 0 radical (unpaired) electrons. The van der Waals surface area contributed by atoms with Gasteiger partial charge in [0.15, 0.2) is 0 Å². The van der Waals surface area contributed by atoms with Gasteiger partial charge in [0, 0.05) is 37.3 Å². The monoisotopic (exact) mass is 412 g/mol. The topological polar surface area (TPSA) is 79.2 Å². The Bertz CT molecular complexity index is 1350. The highest BCUT2D eigenvalue weighted by Gasteiger charge is 2.21. The maximum absolute atomic E-state index is 13.1. The van der Waals surface area contributed by atoms with Crippen LogP contribution in [-0.4, -0.2) is 43.1 Å². The summed E-state index contributed by atoms with van der Waals surface area (Å²) in [4.78, 5) is 19.7. The van der Waals surface area contributed by atoms with Crippen molar-refractivity contribution in [1.29, 1.82) is 5.26 Å². The minimum absolute atomic E-state index is 0.0937. The number of pyridine rings is 1. The Morgan fingerprint density at radius 2 is 1.87 bits per heavy atom. The first kappa shape index (κ1) is 19.3. The molecule has 7 heteroatoms. The molecule has 5 rings (SSSR count). The van der Waals surface area contributed by atoms with Crippen LogP contribution in [0.4, 0.5) is 0 Å². The lowest BCUT2D eigenvalue weighted by atomic mass is 10.1. The van der Waals surface area contributed by atoms with E-state index in [1.807, 2.05) is 52.2 Å². The number of nitrogens with zero attached hydrogens (tertiary/aromatic N) is 6. The molecule has 7 nitrogen and oxygen atoms in total. The van der Waals surface area contributed by atoms with Gasteiger partial charge in [-0.1, -0.05) is 12.8 Å². The zero-order chi connectivity index (χ0) is 21.5. The number of carbonyl (C=O) groups is 1. The second-order valence-electron chi connectivity index (χ2n) is 8.21. The summed E-state index contributed by atoms with van der Waals surface area (Å²) in [5.41, 5.74) is 5.46. The molecule has 0 saturated carbocycles. The summed E-state index contributed by atoms with van der Waals surface area (Å²) in [6.45, 7) is 3.61. The standard InChI is InChI=1S/C24H24N6O/c1-16-23(30-15-17(14-25)7-10-21(30)26-16)22-19-9-8-18(13-20(19)28(2)27-22)24(31)29-11-5-3-4-6-12-29/h7-10,13,15H,3-6,11-12H2,1-2H3. The third-order valence-corrected chi connectivity index (χ3v) is 6.14. The Morgan fingerprint density at radius 3 is 2.61 bits per heavy atom. The van der Waals surface area contributed by atoms with Crippen molar-refractivity contribution >= 4 is 22.5 Å². The molecular weight excluding hydrogens is 388 g/mol. The van der Waals surface area contributed by atoms with Crippen molar-refractivity contribution in [3.8, 4) is 17.5 Å². The number of carbonyl (C=O) groups excluding carboxylic acids is 1. The van der Waals surface area contributed by atoms with Crippen molar-refractivity contribution in [3.05, 3.63) is 53.3 Å². The molecule has 0 aliphatic carbocycles. The van der Waals surface area contributed by atoms with Gasteiger partial charge in [-0.2, -0.15) is 10.4 Å². The molecule has 1 aliphatic rings. The molecule has 3 aromatic heterocycles. The van der Waals surface area contributed by atoms with Crippen LogP contribution in [0.25, 0.3) is 27.9 Å². The van der Waals surface area contributed by atoms with Crippen molar-refractivity contribution in [2.24, 2.45) is 7.05 Å². The molecule has 156 valence electrons. The number of benzene rings is 1. The lowest BCUT2D eigenvalue weighted by Gasteiger charge is -2.20. The van der Waals surface area contributed by atoms with E-state index in [0.29, 0.717) is 11.1 Å². The molecule has 4 aromatic rings. The van der Waals surface area contributed by atoms with Crippen molar-refractivity contribution in [2.75, 3.05) is 13.1 Å². The highest BCUT2D eigenvalue weighted by molar-refractivity contribution is 6.01. The Morgan fingerprint density at radius 1 is 1.10 bits per heavy atom. The quantitative estimate of drug-likeness (QED) is 0.497. The number of nitriles is 1. The second kappa shape index (κ2) is 7.55. The summed E-state index contributed by atoms with van der Waals surface area (Å²) in [7, 11) is 1.89. The first-order valence-electron chi connectivity index (χ1n) is 10.7. The zero-order valence-electron chi connectivity index (χ0n) is 17.8. The van der Waals surface area contributed by atoms with E-state index in [-0.39, 0.29) is 5.91 Å². The fourth-order valence-corrected chi connectivity index (χ4v) is 4.54. The van der Waals surface area contributed by atoms with Gasteiger partial charge in [0.1, 0.15) is 17.4 Å². The van der Waals surface area contributed by atoms with E-state index in [1.54, 1.807) is 12.3 Å². The molecule has 0 spiro atoms. The molecule has 0 unspecified atom stereocenters. The summed E-state index contributed by atoms with van der Waals surface area (Å²) in [5.74, 6) is 0.0937. The van der Waals surface area contributed by atoms with Crippen molar-refractivity contribution in [3.63, 3.8) is 0 Å². The van der Waals surface area contributed by atoms with Gasteiger partial charge in [-0.3, -0.25) is 13.9 Å². The van der Waals surface area contributed by atoms with Gasteiger partial charge < -0.3 is 4.90 Å². The Hall–Kier alpha value is -3.66. The molecule has 0 atom stereocenters. The van der Waals surface area contributed by atoms with Crippen LogP contribution in [0, 0.1) is 18.3 Å². The zero-order valence-corrected chi connectivity index (χ0v) is 17.8. The van der Waals surface area contributed by atoms with E-state index >= 15 is 0 Å². The predicted octanol–water partition coefficient (Wildman–Crippen LogP) is 4.08. The van der Waals surface area contributed by atoms with Crippen molar-refractivity contribution in [2.45, 2.75) is 32.6 Å². The lowest BCUT2D eigenvalue weighted by Crippen LogP contribution is -2.31. The molecule has 1 saturated heterocycles. The molecule has 0 bridgehead atoms. The van der Waals surface area contributed by atoms with Gasteiger partial charge in [0.25, 0.3) is 5.91 Å². The first-order chi connectivity index (χ1) is 15.1. The number of fused-ring (bicyclic) bond motifs is 2. The summed E-state index contributed by atoms with van der Waals surface area (Å²) >= 11 is 0. The van der Waals surface area contributed by atoms with Gasteiger partial charge in [-0.25, -0.2) is 4.98 Å². The maximum Gasteiger partial charge on any atom is 0.253 e. The molecule has 0 N–H and O–H groups in total. The Labute approximate surface area is 180 Å². The SMILES string of the molecule is Cc1nc2ccc(C#N)cn2c1-c1nn(C)c2cc(C(=O)N3CCCCCC3)ccc12. The average molecular weight is 412 g/mol. The van der Waals surface area contributed by atoms with E-state index in [0.717, 1.165) is 59.6 Å². The molecule has 31 heavy (non-hydrogen) atoms. The molecule has 4 heterocycles. The molecule has 1 amide bonds. The van der Waals surface area contributed by atoms with Gasteiger partial charge >= 0.3 is 0 Å². The molecule has 1 aromatic carbocycles. The summed E-state index contributed by atoms with van der Waals surface area (Å²) in [6.07, 6.45) is 6.33. The number of amides is 1. The third-order valence-electron chi connectivity index (χ3n) is 6.14. The maximum atomic E-state index is 13.1. The number of aryl methyl sites for hydroxylation is 2. The number of imidazole rings is 1. The van der Waals surface area contributed by atoms with Crippen LogP contribution in [0.1, 0.15) is 47.3 Å². The van der Waals surface area contributed by atoms with Gasteiger partial charge in [0.2, 0.25) is 0 Å². The number of hydrogen-bond acceptors (Lipinski definition) is 4. The van der Waals surface area contributed by atoms with Crippen LogP contribution >= 0.6 is 0 Å². The first-order valence-corrected chi connectivity index (χ1v) is 10.7. The molecule has 1 fully saturated rings. The highest BCUT2D eigenvalue weighted by atomic mass is 16.2. The van der Waals surface area contributed by atoms with Crippen molar-refractivity contribution in [1.82, 2.24) is 24.1 Å². The lowest BCUT2D eigenvalue weighted by molar-refractivity contribution is 0.0762. The largest absolute Gasteiger partial charge is 0.339 e. The Kier molecular flexibility index (Phi) is 4.70. The van der Waals surface area contributed by atoms with E-state index in [1.165, 1.54) is 12.8 Å². The van der Waals surface area contributed by atoms with Gasteiger partial charge in [0.05, 0.1) is 22.5 Å². The minimum Gasteiger partial charge on any atom is -0.339 e. The normalized spacial score (nSPS) is 14.7. The Balaban J connectivity index is 1.61. The van der Waals surface area contributed by atoms with Crippen LogP contribution in [0.3, 0.4) is 0 Å².